The van der Waals surface area contributed by atoms with Crippen LogP contribution in [0.1, 0.15) is 11.1 Å². The molecule has 0 bridgehead atoms. The van der Waals surface area contributed by atoms with E-state index >= 15 is 0 Å². The van der Waals surface area contributed by atoms with Gasteiger partial charge in [0.15, 0.2) is 0 Å². The van der Waals surface area contributed by atoms with Crippen LogP contribution in [0.5, 0.6) is 11.5 Å². The summed E-state index contributed by atoms with van der Waals surface area (Å²) in [6.45, 7) is 0. The summed E-state index contributed by atoms with van der Waals surface area (Å²) in [5.74, 6) is -0.804. The standard InChI is InChI=1S/C11H12BClNO4.C11H13BNO4/c1-18-11(17)10(14-12-6-15)5-7-4-8(16)2-3-9(7)13;1-17-11(16)10(13-12-7-14)6-8-3-2-4-9(15)5-8/h2-4,6,10,14,16H,5H2,1H3;2-5,7,10,13,15H,6H2,1H3/t2*10-/m00/s1. The summed E-state index contributed by atoms with van der Waals surface area (Å²) in [4.78, 5) is 43.4. The van der Waals surface area contributed by atoms with E-state index in [0.717, 1.165) is 20.4 Å². The summed E-state index contributed by atoms with van der Waals surface area (Å²) < 4.78 is 9.22. The lowest BCUT2D eigenvalue weighted by Crippen LogP contribution is -2.42. The Balaban J connectivity index is 0.000000351. The minimum Gasteiger partial charge on any atom is -0.508 e. The first kappa shape index (κ1) is 29.7. The van der Waals surface area contributed by atoms with E-state index < -0.39 is 24.0 Å². The number of carbonyl (C=O) groups excluding carboxylic acids is 4. The van der Waals surface area contributed by atoms with E-state index in [2.05, 4.69) is 19.9 Å². The van der Waals surface area contributed by atoms with Crippen molar-refractivity contribution in [3.05, 3.63) is 58.6 Å². The first-order chi connectivity index (χ1) is 16.7. The van der Waals surface area contributed by atoms with Crippen LogP contribution in [0.25, 0.3) is 0 Å². The monoisotopic (exact) mass is 502 g/mol. The van der Waals surface area contributed by atoms with Crippen molar-refractivity contribution in [2.75, 3.05) is 14.2 Å². The summed E-state index contributed by atoms with van der Waals surface area (Å²) >= 11 is 5.95. The Kier molecular flexibility index (Phi) is 13.8. The molecule has 4 N–H and O–H groups in total. The normalized spacial score (nSPS) is 11.6. The fourth-order valence-corrected chi connectivity index (χ4v) is 3.07. The van der Waals surface area contributed by atoms with Crippen molar-refractivity contribution in [1.82, 2.24) is 10.5 Å². The maximum Gasteiger partial charge on any atom is 0.322 e. The Morgan fingerprint density at radius 2 is 1.46 bits per heavy atom. The molecule has 0 aliphatic heterocycles. The maximum absolute atomic E-state index is 11.5. The van der Waals surface area contributed by atoms with Crippen LogP contribution >= 0.6 is 11.6 Å². The number of hydrogen-bond acceptors (Lipinski definition) is 10. The van der Waals surface area contributed by atoms with E-state index in [1.54, 1.807) is 24.3 Å². The van der Waals surface area contributed by atoms with Crippen LogP contribution in [0.3, 0.4) is 0 Å². The second kappa shape index (κ2) is 16.3. The summed E-state index contributed by atoms with van der Waals surface area (Å²) in [5, 5.41) is 24.3. The molecule has 0 unspecified atom stereocenters. The molecule has 0 aliphatic carbocycles. The minimum atomic E-state index is -0.737. The van der Waals surface area contributed by atoms with Crippen molar-refractivity contribution in [3.8, 4) is 11.5 Å². The summed E-state index contributed by atoms with van der Waals surface area (Å²) in [5.41, 5.74) is 1.35. The Morgan fingerprint density at radius 3 is 1.97 bits per heavy atom. The van der Waals surface area contributed by atoms with E-state index in [9.17, 15) is 29.4 Å². The number of benzene rings is 2. The maximum atomic E-state index is 11.5. The highest BCUT2D eigenvalue weighted by Gasteiger charge is 2.21. The zero-order chi connectivity index (χ0) is 26.2. The van der Waals surface area contributed by atoms with Crippen molar-refractivity contribution >= 4 is 50.7 Å². The lowest BCUT2D eigenvalue weighted by Gasteiger charge is -2.15. The van der Waals surface area contributed by atoms with Crippen molar-refractivity contribution < 1.29 is 38.9 Å². The molecule has 2 aromatic rings. The topological polar surface area (TPSA) is 151 Å². The lowest BCUT2D eigenvalue weighted by atomic mass is 9.94. The number of ether oxygens (including phenoxy) is 2. The summed E-state index contributed by atoms with van der Waals surface area (Å²) in [6, 6.07) is 9.61. The van der Waals surface area contributed by atoms with Gasteiger partial charge in [-0.2, -0.15) is 0 Å². The SMILES string of the molecule is COC(=O)[C@H](Cc1cc(O)ccc1Cl)N[B]C=O.COC(=O)[C@H](Cc1cccc(O)c1)N[B]C=O. The molecule has 184 valence electrons. The molecule has 0 heterocycles. The number of halogens is 1. The van der Waals surface area contributed by atoms with Gasteiger partial charge in [-0.3, -0.25) is 9.59 Å². The Labute approximate surface area is 209 Å². The number of phenolic OH excluding ortho intramolecular Hbond substituents is 2. The van der Waals surface area contributed by atoms with Gasteiger partial charge in [-0.05, 0) is 54.3 Å². The number of aromatic hydroxyl groups is 2. The van der Waals surface area contributed by atoms with Gasteiger partial charge in [-0.1, -0.05) is 23.7 Å². The number of methoxy groups -OCH3 is 2. The van der Waals surface area contributed by atoms with Gasteiger partial charge in [0.25, 0.3) is 14.8 Å². The van der Waals surface area contributed by atoms with Crippen LogP contribution in [0.4, 0.5) is 0 Å². The number of rotatable bonds is 12. The number of hydrogen-bond donors (Lipinski definition) is 4. The number of carbonyl (C=O) groups is 4. The van der Waals surface area contributed by atoms with Crippen LogP contribution in [-0.4, -0.2) is 75.7 Å². The first-order valence-electron chi connectivity index (χ1n) is 10.2. The van der Waals surface area contributed by atoms with E-state index in [1.807, 2.05) is 0 Å². The fourth-order valence-electron chi connectivity index (χ4n) is 2.87. The number of phenols is 2. The molecular formula is C22H25B2ClN2O8. The van der Waals surface area contributed by atoms with Crippen LogP contribution in [0, 0.1) is 0 Å². The molecule has 2 radical (unpaired) electrons. The first-order valence-corrected chi connectivity index (χ1v) is 10.6. The van der Waals surface area contributed by atoms with Gasteiger partial charge in [-0.25, -0.2) is 0 Å². The molecule has 0 aliphatic rings. The molecule has 2 rings (SSSR count). The molecule has 0 amide bonds. The van der Waals surface area contributed by atoms with Gasteiger partial charge in [0.05, 0.1) is 26.6 Å². The minimum absolute atomic E-state index is 0.0531. The highest BCUT2D eigenvalue weighted by Crippen LogP contribution is 2.22. The average Bonchev–Trinajstić information content (AvgIpc) is 2.85. The second-order valence-corrected chi connectivity index (χ2v) is 7.35. The Bertz CT molecular complexity index is 996. The largest absolute Gasteiger partial charge is 0.508 e. The molecule has 0 saturated carbocycles. The van der Waals surface area contributed by atoms with Crippen LogP contribution in [-0.2, 0) is 41.5 Å². The summed E-state index contributed by atoms with van der Waals surface area (Å²) in [6.07, 6.45) is 1.61. The van der Waals surface area contributed by atoms with E-state index in [-0.39, 0.29) is 17.9 Å². The quantitative estimate of drug-likeness (QED) is 0.182. The van der Waals surface area contributed by atoms with Gasteiger partial charge in [0.1, 0.15) is 23.6 Å². The van der Waals surface area contributed by atoms with Gasteiger partial charge in [0.2, 0.25) is 0 Å². The van der Waals surface area contributed by atoms with Crippen molar-refractivity contribution in [2.45, 2.75) is 24.9 Å². The average molecular weight is 503 g/mol. The molecule has 2 atom stereocenters. The smallest absolute Gasteiger partial charge is 0.322 e. The molecule has 0 saturated heterocycles. The predicted molar refractivity (Wildman–Crippen MR) is 132 cm³/mol. The summed E-state index contributed by atoms with van der Waals surface area (Å²) in [7, 11) is 4.78. The van der Waals surface area contributed by atoms with E-state index in [0.29, 0.717) is 29.4 Å². The number of nitrogens with one attached hydrogen (secondary N) is 2. The highest BCUT2D eigenvalue weighted by atomic mass is 35.5. The third kappa shape index (κ3) is 11.1. The molecule has 0 aromatic heterocycles. The van der Waals surface area contributed by atoms with Crippen molar-refractivity contribution in [3.63, 3.8) is 0 Å². The van der Waals surface area contributed by atoms with Crippen LogP contribution in [0.2, 0.25) is 5.02 Å². The molecule has 10 nitrogen and oxygen atoms in total. The van der Waals surface area contributed by atoms with Crippen molar-refractivity contribution in [2.24, 2.45) is 0 Å². The van der Waals surface area contributed by atoms with Crippen molar-refractivity contribution in [1.29, 1.82) is 0 Å². The molecular weight excluding hydrogens is 477 g/mol. The molecule has 13 heteroatoms. The lowest BCUT2D eigenvalue weighted by molar-refractivity contribution is -0.143. The Morgan fingerprint density at radius 1 is 0.914 bits per heavy atom. The van der Waals surface area contributed by atoms with Gasteiger partial charge in [0, 0.05) is 5.02 Å². The van der Waals surface area contributed by atoms with Gasteiger partial charge >= 0.3 is 11.9 Å². The van der Waals surface area contributed by atoms with Gasteiger partial charge in [-0.15, -0.1) is 0 Å². The van der Waals surface area contributed by atoms with Crippen LogP contribution in [0.15, 0.2) is 42.5 Å². The number of esters is 2. The highest BCUT2D eigenvalue weighted by molar-refractivity contribution is 6.65. The third-order valence-corrected chi connectivity index (χ3v) is 4.87. The van der Waals surface area contributed by atoms with Gasteiger partial charge < -0.3 is 39.7 Å². The predicted octanol–water partition coefficient (Wildman–Crippen LogP) is 0.404. The molecule has 2 aromatic carbocycles. The van der Waals surface area contributed by atoms with Crippen LogP contribution < -0.4 is 10.5 Å². The van der Waals surface area contributed by atoms with E-state index in [1.165, 1.54) is 32.4 Å². The molecule has 35 heavy (non-hydrogen) atoms. The Hall–Kier alpha value is -3.34. The zero-order valence-electron chi connectivity index (χ0n) is 19.1. The fraction of sp³-hybridized carbons (Fsp3) is 0.273. The molecule has 0 spiro atoms. The van der Waals surface area contributed by atoms with E-state index in [4.69, 9.17) is 11.6 Å². The zero-order valence-corrected chi connectivity index (χ0v) is 19.9. The molecule has 0 fully saturated rings. The second-order valence-electron chi connectivity index (χ2n) is 6.94. The third-order valence-electron chi connectivity index (χ3n) is 4.51.